The van der Waals surface area contributed by atoms with E-state index in [9.17, 15) is 0 Å². The molecule has 2 atom stereocenters. The lowest BCUT2D eigenvalue weighted by atomic mass is 9.91. The Morgan fingerprint density at radius 3 is 3.05 bits per heavy atom. The minimum absolute atomic E-state index is 0.109. The third-order valence-corrected chi connectivity index (χ3v) is 4.44. The van der Waals surface area contributed by atoms with Crippen LogP contribution in [0.1, 0.15) is 30.4 Å². The SMILES string of the molecule is Cc1ccc(OC2CCOC3(CCOC3)C2)c(CCN)c1. The molecule has 1 spiro atoms. The van der Waals surface area contributed by atoms with E-state index in [-0.39, 0.29) is 11.7 Å². The van der Waals surface area contributed by atoms with Crippen LogP contribution in [0.4, 0.5) is 0 Å². The molecule has 2 fully saturated rings. The molecule has 0 aromatic heterocycles. The summed E-state index contributed by atoms with van der Waals surface area (Å²) in [4.78, 5) is 0. The molecule has 0 bridgehead atoms. The van der Waals surface area contributed by atoms with Gasteiger partial charge in [-0.1, -0.05) is 17.7 Å². The number of benzene rings is 1. The second-order valence-corrected chi connectivity index (χ2v) is 6.22. The van der Waals surface area contributed by atoms with Gasteiger partial charge in [0, 0.05) is 25.9 Å². The van der Waals surface area contributed by atoms with E-state index in [0.29, 0.717) is 13.2 Å². The molecule has 2 aliphatic heterocycles. The number of nitrogens with two attached hydrogens (primary N) is 1. The number of ether oxygens (including phenoxy) is 3. The molecule has 2 aliphatic rings. The highest BCUT2D eigenvalue weighted by Gasteiger charge is 2.41. The lowest BCUT2D eigenvalue weighted by Gasteiger charge is -2.37. The van der Waals surface area contributed by atoms with E-state index >= 15 is 0 Å². The second-order valence-electron chi connectivity index (χ2n) is 6.22. The Hall–Kier alpha value is -1.10. The summed E-state index contributed by atoms with van der Waals surface area (Å²) in [5.74, 6) is 0.979. The van der Waals surface area contributed by atoms with Crippen LogP contribution in [0, 0.1) is 6.92 Å². The molecular weight excluding hydrogens is 266 g/mol. The van der Waals surface area contributed by atoms with Crippen molar-refractivity contribution >= 4 is 0 Å². The lowest BCUT2D eigenvalue weighted by Crippen LogP contribution is -2.44. The van der Waals surface area contributed by atoms with Gasteiger partial charge in [-0.3, -0.25) is 0 Å². The Morgan fingerprint density at radius 2 is 2.29 bits per heavy atom. The summed E-state index contributed by atoms with van der Waals surface area (Å²) in [6, 6.07) is 6.35. The fourth-order valence-corrected chi connectivity index (χ4v) is 3.30. The third kappa shape index (κ3) is 3.39. The van der Waals surface area contributed by atoms with Gasteiger partial charge in [0.15, 0.2) is 0 Å². The molecule has 2 N–H and O–H groups in total. The molecule has 4 heteroatoms. The van der Waals surface area contributed by atoms with Crippen LogP contribution in [0.3, 0.4) is 0 Å². The average Bonchev–Trinajstić information content (AvgIpc) is 2.90. The summed E-state index contributed by atoms with van der Waals surface area (Å²) in [6.07, 6.45) is 3.91. The first kappa shape index (κ1) is 14.8. The highest BCUT2D eigenvalue weighted by Crippen LogP contribution is 2.35. The number of hydrogen-bond acceptors (Lipinski definition) is 4. The van der Waals surface area contributed by atoms with E-state index in [2.05, 4.69) is 25.1 Å². The van der Waals surface area contributed by atoms with Crippen LogP contribution < -0.4 is 10.5 Å². The lowest BCUT2D eigenvalue weighted by molar-refractivity contribution is -0.112. The van der Waals surface area contributed by atoms with Gasteiger partial charge in [0.25, 0.3) is 0 Å². The van der Waals surface area contributed by atoms with Gasteiger partial charge in [0.2, 0.25) is 0 Å². The number of aryl methyl sites for hydroxylation is 1. The summed E-state index contributed by atoms with van der Waals surface area (Å²) >= 11 is 0. The van der Waals surface area contributed by atoms with Crippen molar-refractivity contribution in [1.82, 2.24) is 0 Å². The first-order valence-electron chi connectivity index (χ1n) is 7.89. The van der Waals surface area contributed by atoms with E-state index in [1.54, 1.807) is 0 Å². The van der Waals surface area contributed by atoms with Crippen LogP contribution in [-0.2, 0) is 15.9 Å². The van der Waals surface area contributed by atoms with Gasteiger partial charge in [-0.2, -0.15) is 0 Å². The largest absolute Gasteiger partial charge is 0.490 e. The van der Waals surface area contributed by atoms with Crippen LogP contribution in [0.2, 0.25) is 0 Å². The predicted molar refractivity (Wildman–Crippen MR) is 81.7 cm³/mol. The van der Waals surface area contributed by atoms with E-state index in [4.69, 9.17) is 19.9 Å². The normalized spacial score (nSPS) is 29.0. The molecule has 0 aliphatic carbocycles. The van der Waals surface area contributed by atoms with E-state index in [1.807, 2.05) is 0 Å². The molecule has 4 nitrogen and oxygen atoms in total. The van der Waals surface area contributed by atoms with Crippen molar-refractivity contribution < 1.29 is 14.2 Å². The Kier molecular flexibility index (Phi) is 4.48. The van der Waals surface area contributed by atoms with Gasteiger partial charge < -0.3 is 19.9 Å². The van der Waals surface area contributed by atoms with E-state index in [0.717, 1.165) is 44.6 Å². The molecule has 1 aromatic rings. The quantitative estimate of drug-likeness (QED) is 0.924. The average molecular weight is 291 g/mol. The maximum Gasteiger partial charge on any atom is 0.122 e. The molecule has 0 amide bonds. The summed E-state index contributed by atoms with van der Waals surface area (Å²) in [5.41, 5.74) is 8.06. The van der Waals surface area contributed by atoms with Crippen LogP contribution in [0.5, 0.6) is 5.75 Å². The van der Waals surface area contributed by atoms with Crippen molar-refractivity contribution in [3.05, 3.63) is 29.3 Å². The highest BCUT2D eigenvalue weighted by atomic mass is 16.6. The van der Waals surface area contributed by atoms with Crippen LogP contribution in [-0.4, -0.2) is 38.1 Å². The van der Waals surface area contributed by atoms with Crippen molar-refractivity contribution in [1.29, 1.82) is 0 Å². The van der Waals surface area contributed by atoms with Gasteiger partial charge >= 0.3 is 0 Å². The highest BCUT2D eigenvalue weighted by molar-refractivity contribution is 5.37. The predicted octanol–water partition coefficient (Wildman–Crippen LogP) is 2.21. The maximum absolute atomic E-state index is 6.29. The summed E-state index contributed by atoms with van der Waals surface area (Å²) < 4.78 is 17.8. The molecule has 116 valence electrons. The van der Waals surface area contributed by atoms with Gasteiger partial charge in [-0.15, -0.1) is 0 Å². The fourth-order valence-electron chi connectivity index (χ4n) is 3.30. The Balaban J connectivity index is 1.71. The van der Waals surface area contributed by atoms with Crippen molar-refractivity contribution in [3.63, 3.8) is 0 Å². The van der Waals surface area contributed by atoms with Gasteiger partial charge in [0.05, 0.1) is 18.8 Å². The molecule has 21 heavy (non-hydrogen) atoms. The molecule has 0 saturated carbocycles. The minimum atomic E-state index is -0.109. The van der Waals surface area contributed by atoms with Crippen molar-refractivity contribution in [2.24, 2.45) is 5.73 Å². The van der Waals surface area contributed by atoms with Gasteiger partial charge in [0.1, 0.15) is 11.9 Å². The maximum atomic E-state index is 6.29. The molecule has 1 aromatic carbocycles. The summed E-state index contributed by atoms with van der Waals surface area (Å²) in [6.45, 7) is 5.01. The zero-order valence-corrected chi connectivity index (χ0v) is 12.8. The zero-order chi connectivity index (χ0) is 14.7. The van der Waals surface area contributed by atoms with Crippen molar-refractivity contribution in [3.8, 4) is 5.75 Å². The Bertz CT molecular complexity index is 483. The fraction of sp³-hybridized carbons (Fsp3) is 0.647. The van der Waals surface area contributed by atoms with Crippen LogP contribution in [0.15, 0.2) is 18.2 Å². The molecule has 2 heterocycles. The Labute approximate surface area is 126 Å². The summed E-state index contributed by atoms with van der Waals surface area (Å²) in [5, 5.41) is 0. The number of hydrogen-bond donors (Lipinski definition) is 1. The molecule has 2 saturated heterocycles. The van der Waals surface area contributed by atoms with Gasteiger partial charge in [-0.25, -0.2) is 0 Å². The number of rotatable bonds is 4. The third-order valence-electron chi connectivity index (χ3n) is 4.44. The Morgan fingerprint density at radius 1 is 1.38 bits per heavy atom. The van der Waals surface area contributed by atoms with Crippen molar-refractivity contribution in [2.45, 2.75) is 44.3 Å². The molecule has 0 radical (unpaired) electrons. The second kappa shape index (κ2) is 6.34. The monoisotopic (exact) mass is 291 g/mol. The minimum Gasteiger partial charge on any atom is -0.490 e. The van der Waals surface area contributed by atoms with Crippen molar-refractivity contribution in [2.75, 3.05) is 26.4 Å². The molecular formula is C17H25NO3. The standard InChI is InChI=1S/C17H25NO3/c1-13-2-3-16(14(10-13)4-7-18)21-15-5-8-20-17(11-15)6-9-19-12-17/h2-3,10,15H,4-9,11-12,18H2,1H3. The zero-order valence-electron chi connectivity index (χ0n) is 12.8. The van der Waals surface area contributed by atoms with E-state index < -0.39 is 0 Å². The first-order valence-corrected chi connectivity index (χ1v) is 7.89. The van der Waals surface area contributed by atoms with Crippen LogP contribution in [0.25, 0.3) is 0 Å². The smallest absolute Gasteiger partial charge is 0.122 e. The summed E-state index contributed by atoms with van der Waals surface area (Å²) in [7, 11) is 0. The van der Waals surface area contributed by atoms with Gasteiger partial charge in [-0.05, 0) is 31.5 Å². The molecule has 3 rings (SSSR count). The first-order chi connectivity index (χ1) is 10.2. The molecule has 2 unspecified atom stereocenters. The topological polar surface area (TPSA) is 53.7 Å². The van der Waals surface area contributed by atoms with E-state index in [1.165, 1.54) is 11.1 Å². The van der Waals surface area contributed by atoms with Crippen LogP contribution >= 0.6 is 0 Å².